The topological polar surface area (TPSA) is 36.4 Å². The molecule has 1 saturated heterocycles. The third kappa shape index (κ3) is 4.68. The lowest BCUT2D eigenvalue weighted by Crippen LogP contribution is -2.42. The van der Waals surface area contributed by atoms with Crippen molar-refractivity contribution in [2.75, 3.05) is 19.6 Å². The average molecular weight is 376 g/mol. The maximum atomic E-state index is 13.3. The fourth-order valence-corrected chi connectivity index (χ4v) is 4.47. The fraction of sp³-hybridized carbons (Fsp3) is 0.417. The summed E-state index contributed by atoms with van der Waals surface area (Å²) < 4.78 is 0. The van der Waals surface area contributed by atoms with Gasteiger partial charge >= 0.3 is 0 Å². The van der Waals surface area contributed by atoms with Crippen molar-refractivity contribution in [1.82, 2.24) is 14.8 Å². The number of carbonyl (C=O) groups is 1. The molecule has 0 bridgehead atoms. The van der Waals surface area contributed by atoms with Crippen molar-refractivity contribution >= 4 is 5.91 Å². The quantitative estimate of drug-likeness (QED) is 0.744. The van der Waals surface area contributed by atoms with Gasteiger partial charge in [0.05, 0.1) is 0 Å². The fourth-order valence-electron chi connectivity index (χ4n) is 4.47. The highest BCUT2D eigenvalue weighted by Gasteiger charge is 2.34. The Morgan fingerprint density at radius 3 is 2.46 bits per heavy atom. The largest absolute Gasteiger partial charge is 0.334 e. The Balaban J connectivity index is 1.35. The molecule has 1 amide bonds. The summed E-state index contributed by atoms with van der Waals surface area (Å²) in [5.74, 6) is 0.946. The number of carbonyl (C=O) groups excluding carboxylic acids is 1. The second kappa shape index (κ2) is 9.16. The van der Waals surface area contributed by atoms with E-state index in [9.17, 15) is 4.79 Å². The highest BCUT2D eigenvalue weighted by Crippen LogP contribution is 2.31. The number of allylic oxidation sites excluding steroid dienone is 1. The van der Waals surface area contributed by atoms with Gasteiger partial charge < -0.3 is 4.90 Å². The summed E-state index contributed by atoms with van der Waals surface area (Å²) in [4.78, 5) is 22.0. The molecule has 0 aliphatic carbocycles. The molecule has 3 heterocycles. The molecule has 2 aliphatic rings. The van der Waals surface area contributed by atoms with Gasteiger partial charge in [0, 0.05) is 37.9 Å². The van der Waals surface area contributed by atoms with Crippen LogP contribution in [0, 0.1) is 11.8 Å². The summed E-state index contributed by atoms with van der Waals surface area (Å²) in [5, 5.41) is 0. The molecule has 1 fully saturated rings. The molecule has 0 N–H and O–H groups in total. The van der Waals surface area contributed by atoms with E-state index in [2.05, 4.69) is 40.2 Å². The zero-order chi connectivity index (χ0) is 19.2. The number of rotatable bonds is 5. The second-order valence-corrected chi connectivity index (χ2v) is 7.99. The van der Waals surface area contributed by atoms with Crippen LogP contribution in [0.15, 0.2) is 67.0 Å². The summed E-state index contributed by atoms with van der Waals surface area (Å²) in [5.41, 5.74) is 2.47. The molecular formula is C24H29N3O. The summed E-state index contributed by atoms with van der Waals surface area (Å²) in [6.07, 6.45) is 11.2. The van der Waals surface area contributed by atoms with Gasteiger partial charge in [-0.15, -0.1) is 0 Å². The van der Waals surface area contributed by atoms with E-state index in [0.29, 0.717) is 18.4 Å². The highest BCUT2D eigenvalue weighted by atomic mass is 16.2. The Kier molecular flexibility index (Phi) is 6.17. The minimum Gasteiger partial charge on any atom is -0.334 e. The summed E-state index contributed by atoms with van der Waals surface area (Å²) >= 11 is 0. The summed E-state index contributed by atoms with van der Waals surface area (Å²) in [6, 6.07) is 14.5. The van der Waals surface area contributed by atoms with Crippen molar-refractivity contribution in [2.45, 2.75) is 32.4 Å². The Bertz CT molecular complexity index is 782. The Morgan fingerprint density at radius 1 is 0.929 bits per heavy atom. The molecule has 2 aromatic rings. The number of pyridine rings is 1. The van der Waals surface area contributed by atoms with Gasteiger partial charge in [-0.05, 0) is 55.5 Å². The van der Waals surface area contributed by atoms with Crippen molar-refractivity contribution in [3.05, 3.63) is 78.1 Å². The molecule has 0 spiro atoms. The van der Waals surface area contributed by atoms with Gasteiger partial charge in [-0.25, -0.2) is 0 Å². The van der Waals surface area contributed by atoms with Crippen LogP contribution >= 0.6 is 0 Å². The van der Waals surface area contributed by atoms with E-state index >= 15 is 0 Å². The monoisotopic (exact) mass is 375 g/mol. The van der Waals surface area contributed by atoms with Gasteiger partial charge in [-0.2, -0.15) is 0 Å². The minimum absolute atomic E-state index is 0.128. The molecule has 28 heavy (non-hydrogen) atoms. The van der Waals surface area contributed by atoms with Crippen LogP contribution in [0.2, 0.25) is 0 Å². The third-order valence-electron chi connectivity index (χ3n) is 6.06. The summed E-state index contributed by atoms with van der Waals surface area (Å²) in [7, 11) is 0. The predicted molar refractivity (Wildman–Crippen MR) is 111 cm³/mol. The van der Waals surface area contributed by atoms with E-state index in [-0.39, 0.29) is 5.92 Å². The maximum Gasteiger partial charge on any atom is 0.226 e. The van der Waals surface area contributed by atoms with E-state index in [1.807, 2.05) is 41.6 Å². The molecular weight excluding hydrogens is 346 g/mol. The maximum absolute atomic E-state index is 13.3. The number of nitrogens with zero attached hydrogens (tertiary/aromatic N) is 3. The first-order valence-corrected chi connectivity index (χ1v) is 10.4. The normalized spacial score (nSPS) is 21.6. The summed E-state index contributed by atoms with van der Waals surface area (Å²) in [6.45, 7) is 4.52. The van der Waals surface area contributed by atoms with E-state index in [4.69, 9.17) is 0 Å². The molecule has 1 aromatic heterocycles. The number of benzene rings is 1. The highest BCUT2D eigenvalue weighted by molar-refractivity contribution is 5.80. The average Bonchev–Trinajstić information content (AvgIpc) is 2.92. The van der Waals surface area contributed by atoms with E-state index in [1.165, 1.54) is 11.1 Å². The standard InChI is InChI=1S/C24H29N3O/c28-24-23(10-4-5-14-27(24)19-20-7-2-1-3-8-20)22-11-15-26(16-12-22)18-21-9-6-13-25-17-21/h1-9,13,17,22-23H,10-12,14-16,18-19H2. The Morgan fingerprint density at radius 2 is 1.71 bits per heavy atom. The molecule has 4 rings (SSSR count). The number of hydrogen-bond acceptors (Lipinski definition) is 3. The van der Waals surface area contributed by atoms with Crippen molar-refractivity contribution in [1.29, 1.82) is 0 Å². The zero-order valence-corrected chi connectivity index (χ0v) is 16.4. The molecule has 2 aliphatic heterocycles. The van der Waals surface area contributed by atoms with Crippen LogP contribution in [0.5, 0.6) is 0 Å². The third-order valence-corrected chi connectivity index (χ3v) is 6.06. The molecule has 0 radical (unpaired) electrons. The molecule has 4 nitrogen and oxygen atoms in total. The first kappa shape index (κ1) is 18.9. The molecule has 1 unspecified atom stereocenters. The lowest BCUT2D eigenvalue weighted by molar-refractivity contribution is -0.137. The number of amides is 1. The second-order valence-electron chi connectivity index (χ2n) is 7.99. The smallest absolute Gasteiger partial charge is 0.226 e. The van der Waals surface area contributed by atoms with Gasteiger partial charge in [0.15, 0.2) is 0 Å². The van der Waals surface area contributed by atoms with E-state index < -0.39 is 0 Å². The van der Waals surface area contributed by atoms with Gasteiger partial charge in [0.1, 0.15) is 0 Å². The SMILES string of the molecule is O=C1C(C2CCN(Cc3cccnc3)CC2)CC=CCN1Cc1ccccc1. The van der Waals surface area contributed by atoms with Crippen molar-refractivity contribution < 1.29 is 4.79 Å². The lowest BCUT2D eigenvalue weighted by Gasteiger charge is -2.36. The zero-order valence-electron chi connectivity index (χ0n) is 16.4. The van der Waals surface area contributed by atoms with Crippen LogP contribution < -0.4 is 0 Å². The first-order valence-electron chi connectivity index (χ1n) is 10.4. The van der Waals surface area contributed by atoms with Crippen molar-refractivity contribution in [2.24, 2.45) is 11.8 Å². The number of hydrogen-bond donors (Lipinski definition) is 0. The molecule has 1 aromatic carbocycles. The minimum atomic E-state index is 0.128. The number of aromatic nitrogens is 1. The van der Waals surface area contributed by atoms with Gasteiger partial charge in [0.2, 0.25) is 5.91 Å². The van der Waals surface area contributed by atoms with E-state index in [0.717, 1.165) is 45.4 Å². The van der Waals surface area contributed by atoms with Crippen LogP contribution in [-0.4, -0.2) is 40.3 Å². The van der Waals surface area contributed by atoms with Crippen molar-refractivity contribution in [3.8, 4) is 0 Å². The molecule has 0 saturated carbocycles. The predicted octanol–water partition coefficient (Wildman–Crippen LogP) is 3.90. The first-order chi connectivity index (χ1) is 13.8. The molecule has 146 valence electrons. The van der Waals surface area contributed by atoms with Gasteiger partial charge in [0.25, 0.3) is 0 Å². The lowest BCUT2D eigenvalue weighted by atomic mass is 9.81. The van der Waals surface area contributed by atoms with Crippen LogP contribution in [0.3, 0.4) is 0 Å². The van der Waals surface area contributed by atoms with Gasteiger partial charge in [-0.1, -0.05) is 48.6 Å². The van der Waals surface area contributed by atoms with Crippen LogP contribution in [0.1, 0.15) is 30.4 Å². The van der Waals surface area contributed by atoms with E-state index in [1.54, 1.807) is 0 Å². The van der Waals surface area contributed by atoms with Crippen LogP contribution in [-0.2, 0) is 17.9 Å². The van der Waals surface area contributed by atoms with Gasteiger partial charge in [-0.3, -0.25) is 14.7 Å². The Hall–Kier alpha value is -2.46. The molecule has 4 heteroatoms. The molecule has 1 atom stereocenters. The number of likely N-dealkylation sites (tertiary alicyclic amines) is 1. The van der Waals surface area contributed by atoms with Crippen LogP contribution in [0.25, 0.3) is 0 Å². The van der Waals surface area contributed by atoms with Crippen molar-refractivity contribution in [3.63, 3.8) is 0 Å². The Labute approximate surface area is 167 Å². The van der Waals surface area contributed by atoms with Crippen LogP contribution in [0.4, 0.5) is 0 Å². The number of piperidine rings is 1.